The molecule has 0 saturated carbocycles. The Morgan fingerprint density at radius 2 is 0.944 bits per heavy atom. The third-order valence-electron chi connectivity index (χ3n) is 2.13. The van der Waals surface area contributed by atoms with Gasteiger partial charge in [0, 0.05) is 14.2 Å². The van der Waals surface area contributed by atoms with Crippen LogP contribution in [-0.4, -0.2) is 14.2 Å². The molecule has 0 fully saturated rings. The molecule has 0 aliphatic carbocycles. The van der Waals surface area contributed by atoms with Crippen LogP contribution in [-0.2, 0) is 4.74 Å². The van der Waals surface area contributed by atoms with Gasteiger partial charge < -0.3 is 4.74 Å². The topological polar surface area (TPSA) is 9.23 Å². The van der Waals surface area contributed by atoms with E-state index in [1.165, 1.54) is 5.56 Å². The maximum Gasteiger partial charge on any atom is 0.0351 e. The molecule has 0 saturated heterocycles. The predicted molar refractivity (Wildman–Crippen MR) is 79.9 cm³/mol. The smallest absolute Gasteiger partial charge is 0.0351 e. The van der Waals surface area contributed by atoms with Crippen LogP contribution in [0, 0.1) is 0 Å². The van der Waals surface area contributed by atoms with Crippen molar-refractivity contribution >= 4 is 0 Å². The van der Waals surface area contributed by atoms with Crippen molar-refractivity contribution in [3.05, 3.63) is 72.3 Å². The average molecular weight is 244 g/mol. The van der Waals surface area contributed by atoms with Gasteiger partial charge >= 0.3 is 0 Å². The van der Waals surface area contributed by atoms with Gasteiger partial charge in [-0.1, -0.05) is 80.6 Å². The van der Waals surface area contributed by atoms with Crippen LogP contribution >= 0.6 is 0 Å². The van der Waals surface area contributed by atoms with E-state index in [4.69, 9.17) is 0 Å². The molecule has 0 spiro atoms. The van der Waals surface area contributed by atoms with Gasteiger partial charge in [-0.25, -0.2) is 0 Å². The zero-order chi connectivity index (χ0) is 13.6. The molecule has 0 aromatic heterocycles. The summed E-state index contributed by atoms with van der Waals surface area (Å²) in [6.07, 6.45) is 0. The Morgan fingerprint density at radius 1 is 0.667 bits per heavy atom. The molecule has 1 heteroatoms. The molecule has 2 aromatic carbocycles. The summed E-state index contributed by atoms with van der Waals surface area (Å²) in [5.74, 6) is 0.659. The third kappa shape index (κ3) is 9.61. The monoisotopic (exact) mass is 244 g/mol. The molecular formula is C17H24O. The lowest BCUT2D eigenvalue weighted by Gasteiger charge is -2.01. The van der Waals surface area contributed by atoms with E-state index in [-0.39, 0.29) is 0 Å². The molecule has 0 atom stereocenters. The fraction of sp³-hybridized carbons (Fsp3) is 0.294. The van der Waals surface area contributed by atoms with Gasteiger partial charge in [-0.15, -0.1) is 0 Å². The van der Waals surface area contributed by atoms with E-state index in [0.717, 1.165) is 0 Å². The third-order valence-corrected chi connectivity index (χ3v) is 2.13. The van der Waals surface area contributed by atoms with Crippen molar-refractivity contribution in [1.29, 1.82) is 0 Å². The Hall–Kier alpha value is -1.60. The van der Waals surface area contributed by atoms with Crippen LogP contribution in [0.3, 0.4) is 0 Å². The van der Waals surface area contributed by atoms with Crippen molar-refractivity contribution in [2.75, 3.05) is 14.2 Å². The van der Waals surface area contributed by atoms with Gasteiger partial charge in [-0.2, -0.15) is 0 Å². The Labute approximate surface area is 111 Å². The van der Waals surface area contributed by atoms with Gasteiger partial charge in [0.25, 0.3) is 0 Å². The second-order valence-corrected chi connectivity index (χ2v) is 4.13. The van der Waals surface area contributed by atoms with Gasteiger partial charge in [-0.05, 0) is 11.5 Å². The largest absolute Gasteiger partial charge is 0.388 e. The maximum atomic E-state index is 4.25. The number of hydrogen-bond donors (Lipinski definition) is 0. The Kier molecular flexibility index (Phi) is 10.8. The van der Waals surface area contributed by atoms with E-state index in [9.17, 15) is 0 Å². The zero-order valence-electron chi connectivity index (χ0n) is 11.8. The number of benzene rings is 2. The van der Waals surface area contributed by atoms with E-state index >= 15 is 0 Å². The number of ether oxygens (including phenoxy) is 1. The van der Waals surface area contributed by atoms with E-state index in [1.54, 1.807) is 14.2 Å². The van der Waals surface area contributed by atoms with Gasteiger partial charge in [0.2, 0.25) is 0 Å². The minimum absolute atomic E-state index is 0.659. The van der Waals surface area contributed by atoms with Gasteiger partial charge in [0.1, 0.15) is 0 Å². The highest BCUT2D eigenvalue weighted by molar-refractivity contribution is 5.17. The van der Waals surface area contributed by atoms with Crippen molar-refractivity contribution in [2.45, 2.75) is 19.8 Å². The average Bonchev–Trinajstić information content (AvgIpc) is 2.43. The highest BCUT2D eigenvalue weighted by Crippen LogP contribution is 2.11. The Morgan fingerprint density at radius 3 is 1.17 bits per heavy atom. The summed E-state index contributed by atoms with van der Waals surface area (Å²) >= 11 is 0. The first-order valence-electron chi connectivity index (χ1n) is 6.17. The van der Waals surface area contributed by atoms with Crippen LogP contribution in [0.1, 0.15) is 25.3 Å². The summed E-state index contributed by atoms with van der Waals surface area (Å²) in [5, 5.41) is 0. The van der Waals surface area contributed by atoms with Crippen molar-refractivity contribution in [3.8, 4) is 0 Å². The molecule has 0 N–H and O–H groups in total. The molecule has 2 rings (SSSR count). The minimum Gasteiger partial charge on any atom is -0.388 e. The fourth-order valence-corrected chi connectivity index (χ4v) is 1.22. The van der Waals surface area contributed by atoms with Crippen molar-refractivity contribution in [1.82, 2.24) is 0 Å². The first-order chi connectivity index (χ1) is 8.72. The van der Waals surface area contributed by atoms with Crippen LogP contribution in [0.2, 0.25) is 0 Å². The fourth-order valence-electron chi connectivity index (χ4n) is 1.22. The summed E-state index contributed by atoms with van der Waals surface area (Å²) in [4.78, 5) is 0. The lowest BCUT2D eigenvalue weighted by atomic mass is 10.0. The summed E-state index contributed by atoms with van der Waals surface area (Å²) in [6, 6.07) is 22.5. The highest BCUT2D eigenvalue weighted by atomic mass is 16.4. The van der Waals surface area contributed by atoms with Gasteiger partial charge in [-0.3, -0.25) is 0 Å². The molecule has 0 heterocycles. The van der Waals surface area contributed by atoms with Gasteiger partial charge in [0.15, 0.2) is 0 Å². The lowest BCUT2D eigenvalue weighted by molar-refractivity contribution is 0.277. The van der Waals surface area contributed by atoms with Crippen LogP contribution in [0.4, 0.5) is 0 Å². The Bertz CT molecular complexity index is 327. The van der Waals surface area contributed by atoms with Gasteiger partial charge in [0.05, 0.1) is 0 Å². The standard InChI is InChI=1S/C9H12.C6H6.C2H6O/c1-8(2)9-6-4-3-5-7-9;1-2-4-6-5-3-1;1-3-2/h3-8H,1-2H3;1-6H;1-2H3. The lowest BCUT2D eigenvalue weighted by Crippen LogP contribution is -1.83. The van der Waals surface area contributed by atoms with Crippen molar-refractivity contribution in [2.24, 2.45) is 0 Å². The molecule has 98 valence electrons. The molecule has 1 nitrogen and oxygen atoms in total. The molecule has 2 aromatic rings. The van der Waals surface area contributed by atoms with Crippen LogP contribution in [0.15, 0.2) is 66.7 Å². The summed E-state index contributed by atoms with van der Waals surface area (Å²) in [5.41, 5.74) is 1.41. The maximum absolute atomic E-state index is 4.25. The van der Waals surface area contributed by atoms with Crippen LogP contribution < -0.4 is 0 Å². The predicted octanol–water partition coefficient (Wildman–Crippen LogP) is 4.76. The second kappa shape index (κ2) is 11.9. The molecule has 0 aliphatic rings. The quantitative estimate of drug-likeness (QED) is 0.703. The normalized spacial score (nSPS) is 8.72. The highest BCUT2D eigenvalue weighted by Gasteiger charge is 1.93. The summed E-state index contributed by atoms with van der Waals surface area (Å²) in [6.45, 7) is 4.41. The van der Waals surface area contributed by atoms with E-state index in [2.05, 4.69) is 42.8 Å². The van der Waals surface area contributed by atoms with Crippen molar-refractivity contribution < 1.29 is 4.74 Å². The number of methoxy groups -OCH3 is 1. The van der Waals surface area contributed by atoms with E-state index < -0.39 is 0 Å². The SMILES string of the molecule is CC(C)c1ccccc1.COC.c1ccccc1. The minimum atomic E-state index is 0.659. The molecular weight excluding hydrogens is 220 g/mol. The second-order valence-electron chi connectivity index (χ2n) is 4.13. The molecule has 0 bridgehead atoms. The number of hydrogen-bond acceptors (Lipinski definition) is 1. The van der Waals surface area contributed by atoms with Crippen LogP contribution in [0.5, 0.6) is 0 Å². The Balaban J connectivity index is 0.000000278. The molecule has 0 radical (unpaired) electrons. The molecule has 18 heavy (non-hydrogen) atoms. The number of rotatable bonds is 1. The van der Waals surface area contributed by atoms with Crippen LogP contribution in [0.25, 0.3) is 0 Å². The summed E-state index contributed by atoms with van der Waals surface area (Å²) < 4.78 is 4.25. The molecule has 0 amide bonds. The molecule has 0 aliphatic heterocycles. The van der Waals surface area contributed by atoms with Crippen molar-refractivity contribution in [3.63, 3.8) is 0 Å². The molecule has 0 unspecified atom stereocenters. The van der Waals surface area contributed by atoms with E-state index in [0.29, 0.717) is 5.92 Å². The zero-order valence-corrected chi connectivity index (χ0v) is 11.8. The summed E-state index contributed by atoms with van der Waals surface area (Å²) in [7, 11) is 3.25. The van der Waals surface area contributed by atoms with E-state index in [1.807, 2.05) is 42.5 Å². The first-order valence-corrected chi connectivity index (χ1v) is 6.17. The first kappa shape index (κ1) is 16.4.